The molecule has 0 radical (unpaired) electrons. The van der Waals surface area contributed by atoms with Gasteiger partial charge >= 0.3 is 18.0 Å². The van der Waals surface area contributed by atoms with Crippen LogP contribution in [-0.4, -0.2) is 30.8 Å². The van der Waals surface area contributed by atoms with E-state index in [9.17, 15) is 27.6 Å². The van der Waals surface area contributed by atoms with Gasteiger partial charge in [-0.05, 0) is 42.5 Å². The summed E-state index contributed by atoms with van der Waals surface area (Å²) >= 11 is 1.65. The summed E-state index contributed by atoms with van der Waals surface area (Å²) in [5.41, 5.74) is -1.22. The number of hydrogen-bond acceptors (Lipinski definition) is 4. The van der Waals surface area contributed by atoms with Crippen LogP contribution < -0.4 is 16.0 Å². The topological polar surface area (TPSA) is 87.3 Å². The van der Waals surface area contributed by atoms with Gasteiger partial charge in [-0.25, -0.2) is 0 Å². The molecule has 0 spiro atoms. The summed E-state index contributed by atoms with van der Waals surface area (Å²) in [5.74, 6) is -2.71. The van der Waals surface area contributed by atoms with Crippen molar-refractivity contribution in [3.8, 4) is 0 Å². The number of alkyl halides is 3. The molecule has 0 aliphatic heterocycles. The molecule has 3 N–H and O–H groups in total. The molecule has 6 nitrogen and oxygen atoms in total. The third-order valence-corrected chi connectivity index (χ3v) is 6.41. The quantitative estimate of drug-likeness (QED) is 0.586. The summed E-state index contributed by atoms with van der Waals surface area (Å²) in [6.45, 7) is 0.0357. The maximum absolute atomic E-state index is 12.7. The molecule has 0 unspecified atom stereocenters. The lowest BCUT2D eigenvalue weighted by atomic mass is 9.84. The van der Waals surface area contributed by atoms with Crippen LogP contribution in [0.3, 0.4) is 0 Å². The van der Waals surface area contributed by atoms with E-state index in [2.05, 4.69) is 22.0 Å². The molecule has 31 heavy (non-hydrogen) atoms. The predicted octanol–water partition coefficient (Wildman–Crippen LogP) is 3.45. The number of rotatable bonds is 6. The Kier molecular flexibility index (Phi) is 6.99. The van der Waals surface area contributed by atoms with Gasteiger partial charge in [0.1, 0.15) is 0 Å². The van der Waals surface area contributed by atoms with Gasteiger partial charge in [0.25, 0.3) is 0 Å². The van der Waals surface area contributed by atoms with E-state index in [1.165, 1.54) is 10.9 Å². The molecule has 1 heterocycles. The predicted molar refractivity (Wildman–Crippen MR) is 111 cm³/mol. The van der Waals surface area contributed by atoms with Crippen molar-refractivity contribution in [3.05, 3.63) is 52.2 Å². The molecule has 1 aliphatic carbocycles. The van der Waals surface area contributed by atoms with E-state index in [0.717, 1.165) is 43.9 Å². The fraction of sp³-hybridized carbons (Fsp3) is 0.381. The van der Waals surface area contributed by atoms with Gasteiger partial charge in [0.15, 0.2) is 0 Å². The zero-order valence-electron chi connectivity index (χ0n) is 16.6. The third-order valence-electron chi connectivity index (χ3n) is 5.29. The van der Waals surface area contributed by atoms with Crippen LogP contribution in [0.5, 0.6) is 0 Å². The molecular weight excluding hydrogens is 431 g/mol. The molecule has 1 saturated carbocycles. The Bertz CT molecular complexity index is 939. The maximum atomic E-state index is 12.7. The first-order valence-corrected chi connectivity index (χ1v) is 10.6. The second kappa shape index (κ2) is 9.51. The van der Waals surface area contributed by atoms with E-state index in [4.69, 9.17) is 0 Å². The summed E-state index contributed by atoms with van der Waals surface area (Å²) in [4.78, 5) is 37.2. The van der Waals surface area contributed by atoms with E-state index < -0.39 is 36.0 Å². The van der Waals surface area contributed by atoms with E-state index in [-0.39, 0.29) is 11.1 Å². The number of amides is 3. The summed E-state index contributed by atoms with van der Waals surface area (Å²) in [6, 6.07) is 7.97. The number of nitrogens with one attached hydrogen (secondary N) is 3. The van der Waals surface area contributed by atoms with Gasteiger partial charge in [-0.3, -0.25) is 14.4 Å². The van der Waals surface area contributed by atoms with Crippen LogP contribution in [0.25, 0.3) is 0 Å². The second-order valence-electron chi connectivity index (χ2n) is 7.46. The number of carbonyl (C=O) groups excluding carboxylic acids is 3. The Morgan fingerprint density at radius 3 is 2.39 bits per heavy atom. The van der Waals surface area contributed by atoms with Gasteiger partial charge in [0, 0.05) is 22.5 Å². The summed E-state index contributed by atoms with van der Waals surface area (Å²) in [5, 5.41) is 9.10. The average Bonchev–Trinajstić information content (AvgIpc) is 3.42. The molecule has 3 amide bonds. The van der Waals surface area contributed by atoms with Crippen molar-refractivity contribution >= 4 is 34.7 Å². The van der Waals surface area contributed by atoms with Crippen LogP contribution >= 0.6 is 11.3 Å². The van der Waals surface area contributed by atoms with Crippen molar-refractivity contribution in [2.45, 2.75) is 37.3 Å². The largest absolute Gasteiger partial charge is 0.416 e. The average molecular weight is 453 g/mol. The number of anilines is 1. The van der Waals surface area contributed by atoms with Gasteiger partial charge in [-0.15, -0.1) is 11.3 Å². The standard InChI is InChI=1S/C21H22F3N3O3S/c22-21(23,24)14-5-3-6-15(11-14)27-19(30)18(29)25-12-17(28)26-13-20(8-1-2-9-20)16-7-4-10-31-16/h3-7,10-11H,1-2,8-9,12-13H2,(H,25,29)(H,26,28)(H,27,30). The van der Waals surface area contributed by atoms with E-state index in [1.807, 2.05) is 11.4 Å². The number of carbonyl (C=O) groups is 3. The number of halogens is 3. The molecule has 1 aliphatic rings. The second-order valence-corrected chi connectivity index (χ2v) is 8.40. The zero-order valence-corrected chi connectivity index (χ0v) is 17.4. The highest BCUT2D eigenvalue weighted by Crippen LogP contribution is 2.42. The summed E-state index contributed by atoms with van der Waals surface area (Å²) < 4.78 is 38.2. The van der Waals surface area contributed by atoms with Gasteiger partial charge in [0.05, 0.1) is 12.1 Å². The van der Waals surface area contributed by atoms with Crippen LogP contribution in [0.4, 0.5) is 18.9 Å². The molecule has 0 saturated heterocycles. The lowest BCUT2D eigenvalue weighted by Gasteiger charge is -2.28. The minimum atomic E-state index is -4.57. The van der Waals surface area contributed by atoms with E-state index in [1.54, 1.807) is 11.3 Å². The molecule has 166 valence electrons. The lowest BCUT2D eigenvalue weighted by Crippen LogP contribution is -2.45. The number of thiophene rings is 1. The van der Waals surface area contributed by atoms with E-state index >= 15 is 0 Å². The van der Waals surface area contributed by atoms with Crippen LogP contribution in [0.15, 0.2) is 41.8 Å². The molecular formula is C21H22F3N3O3S. The lowest BCUT2D eigenvalue weighted by molar-refractivity contribution is -0.137. The first-order valence-electron chi connectivity index (χ1n) is 9.77. The SMILES string of the molecule is O=C(CNC(=O)C(=O)Nc1cccc(C(F)(F)F)c1)NCC1(c2cccs2)CCCC1. The summed E-state index contributed by atoms with van der Waals surface area (Å²) in [6.07, 6.45) is -0.458. The van der Waals surface area contributed by atoms with Crippen LogP contribution in [-0.2, 0) is 26.0 Å². The first-order chi connectivity index (χ1) is 14.7. The van der Waals surface area contributed by atoms with Gasteiger partial charge < -0.3 is 16.0 Å². The molecule has 0 atom stereocenters. The molecule has 10 heteroatoms. The van der Waals surface area contributed by atoms with Crippen LogP contribution in [0.2, 0.25) is 0 Å². The highest BCUT2D eigenvalue weighted by Gasteiger charge is 2.36. The fourth-order valence-corrected chi connectivity index (χ4v) is 4.66. The first kappa shape index (κ1) is 22.8. The number of hydrogen-bond donors (Lipinski definition) is 3. The van der Waals surface area contributed by atoms with Gasteiger partial charge in [-0.1, -0.05) is 25.0 Å². The van der Waals surface area contributed by atoms with Crippen molar-refractivity contribution in [1.29, 1.82) is 0 Å². The van der Waals surface area contributed by atoms with E-state index in [0.29, 0.717) is 6.54 Å². The normalized spacial score (nSPS) is 15.3. The van der Waals surface area contributed by atoms with Crippen molar-refractivity contribution < 1.29 is 27.6 Å². The van der Waals surface area contributed by atoms with Crippen LogP contribution in [0, 0.1) is 0 Å². The highest BCUT2D eigenvalue weighted by atomic mass is 32.1. The molecule has 3 rings (SSSR count). The Morgan fingerprint density at radius 2 is 1.74 bits per heavy atom. The Morgan fingerprint density at radius 1 is 1.00 bits per heavy atom. The van der Waals surface area contributed by atoms with Crippen molar-refractivity contribution in [2.75, 3.05) is 18.4 Å². The Labute approximate surface area is 181 Å². The van der Waals surface area contributed by atoms with Gasteiger partial charge in [0.2, 0.25) is 5.91 Å². The summed E-state index contributed by atoms with van der Waals surface area (Å²) in [7, 11) is 0. The molecule has 0 bridgehead atoms. The third kappa shape index (κ3) is 5.84. The minimum Gasteiger partial charge on any atom is -0.354 e. The van der Waals surface area contributed by atoms with Crippen molar-refractivity contribution in [3.63, 3.8) is 0 Å². The number of benzene rings is 1. The van der Waals surface area contributed by atoms with Crippen LogP contribution in [0.1, 0.15) is 36.1 Å². The van der Waals surface area contributed by atoms with Crippen molar-refractivity contribution in [2.24, 2.45) is 0 Å². The molecule has 1 aromatic carbocycles. The monoisotopic (exact) mass is 453 g/mol. The Balaban J connectivity index is 1.48. The zero-order chi connectivity index (χ0) is 22.5. The molecule has 1 aromatic heterocycles. The molecule has 1 fully saturated rings. The molecule has 2 aromatic rings. The fourth-order valence-electron chi connectivity index (χ4n) is 3.67. The van der Waals surface area contributed by atoms with Crippen molar-refractivity contribution in [1.82, 2.24) is 10.6 Å². The highest BCUT2D eigenvalue weighted by molar-refractivity contribution is 7.10. The minimum absolute atomic E-state index is 0.102. The maximum Gasteiger partial charge on any atom is 0.416 e. The Hall–Kier alpha value is -2.88. The van der Waals surface area contributed by atoms with Gasteiger partial charge in [-0.2, -0.15) is 13.2 Å². The smallest absolute Gasteiger partial charge is 0.354 e.